The molecule has 0 spiro atoms. The highest BCUT2D eigenvalue weighted by Gasteiger charge is 2.25. The fourth-order valence-corrected chi connectivity index (χ4v) is 3.29. The summed E-state index contributed by atoms with van der Waals surface area (Å²) in [6.07, 6.45) is 0.0594. The quantitative estimate of drug-likeness (QED) is 0.286. The number of halogens is 1. The van der Waals surface area contributed by atoms with Crippen molar-refractivity contribution in [1.29, 1.82) is 0 Å². The van der Waals surface area contributed by atoms with Gasteiger partial charge >= 0.3 is 5.82 Å². The van der Waals surface area contributed by atoms with Gasteiger partial charge in [-0.05, 0) is 50.7 Å². The van der Waals surface area contributed by atoms with Crippen molar-refractivity contribution in [2.75, 3.05) is 6.61 Å². The Hall–Kier alpha value is -3.62. The zero-order valence-electron chi connectivity index (χ0n) is 16.1. The van der Waals surface area contributed by atoms with E-state index in [9.17, 15) is 35.2 Å². The molecule has 0 saturated carbocycles. The van der Waals surface area contributed by atoms with Gasteiger partial charge in [-0.1, -0.05) is 0 Å². The van der Waals surface area contributed by atoms with E-state index in [1.165, 1.54) is 47.3 Å². The Morgan fingerprint density at radius 1 is 1.19 bits per heavy atom. The third-order valence-electron chi connectivity index (χ3n) is 4.42. The molecule has 0 aliphatic heterocycles. The largest absolute Gasteiger partial charge is 0.454 e. The van der Waals surface area contributed by atoms with E-state index in [0.29, 0.717) is 0 Å². The second-order valence-corrected chi connectivity index (χ2v) is 7.43. The summed E-state index contributed by atoms with van der Waals surface area (Å²) in [6.45, 7) is -0.586. The number of nitro groups is 2. The Labute approximate surface area is 187 Å². The van der Waals surface area contributed by atoms with E-state index in [1.54, 1.807) is 0 Å². The number of aliphatic hydroxyl groups excluding tert-OH is 2. The molecule has 14 heteroatoms. The molecule has 2 atom stereocenters. The van der Waals surface area contributed by atoms with Gasteiger partial charge in [0.2, 0.25) is 0 Å². The average molecular weight is 510 g/mol. The van der Waals surface area contributed by atoms with Gasteiger partial charge in [-0.15, -0.1) is 0 Å². The lowest BCUT2D eigenvalue weighted by Gasteiger charge is -2.22. The summed E-state index contributed by atoms with van der Waals surface area (Å²) in [5.41, 5.74) is 0.101. The van der Waals surface area contributed by atoms with Crippen LogP contribution in [0.4, 0.5) is 11.5 Å². The second kappa shape index (κ2) is 9.67. The zero-order chi connectivity index (χ0) is 23.4. The van der Waals surface area contributed by atoms with E-state index in [-0.39, 0.29) is 39.6 Å². The first-order valence-corrected chi connectivity index (χ1v) is 9.79. The Morgan fingerprint density at radius 3 is 2.44 bits per heavy atom. The summed E-state index contributed by atoms with van der Waals surface area (Å²) < 4.78 is 6.89. The van der Waals surface area contributed by atoms with Crippen LogP contribution < -0.4 is 5.32 Å². The highest BCUT2D eigenvalue weighted by Crippen LogP contribution is 2.23. The molecule has 0 aliphatic rings. The third-order valence-corrected chi connectivity index (χ3v) is 4.97. The van der Waals surface area contributed by atoms with Crippen molar-refractivity contribution in [2.24, 2.45) is 0 Å². The molecule has 0 fully saturated rings. The number of nitrogens with one attached hydrogen (secondary N) is 1. The number of hydrogen-bond acceptors (Lipinski definition) is 9. The van der Waals surface area contributed by atoms with Gasteiger partial charge in [-0.2, -0.15) is 4.68 Å². The predicted octanol–water partition coefficient (Wildman–Crippen LogP) is 1.93. The summed E-state index contributed by atoms with van der Waals surface area (Å²) in [6, 6.07) is 6.79. The van der Waals surface area contributed by atoms with Gasteiger partial charge in [0.05, 0.1) is 28.9 Å². The Balaban J connectivity index is 1.66. The highest BCUT2D eigenvalue weighted by atomic mass is 79.9. The SMILES string of the molecule is O=C(NC(CO)C(O)c1ccc([N+](=O)[O-])cc1)c1ccc(Cn2cc(Br)c([N+](=O)[O-])n2)o1. The zero-order valence-corrected chi connectivity index (χ0v) is 17.7. The normalized spacial score (nSPS) is 12.8. The molecule has 168 valence electrons. The number of nitro benzene ring substituents is 1. The van der Waals surface area contributed by atoms with Gasteiger partial charge in [0.15, 0.2) is 5.76 Å². The third kappa shape index (κ3) is 5.16. The van der Waals surface area contributed by atoms with Crippen LogP contribution in [0.15, 0.2) is 51.5 Å². The molecule has 3 rings (SSSR count). The van der Waals surface area contributed by atoms with Crippen molar-refractivity contribution in [2.45, 2.75) is 18.7 Å². The number of nitrogens with zero attached hydrogens (tertiary/aromatic N) is 4. The van der Waals surface area contributed by atoms with Crippen LogP contribution in [0.25, 0.3) is 0 Å². The van der Waals surface area contributed by atoms with Crippen molar-refractivity contribution in [3.8, 4) is 0 Å². The average Bonchev–Trinajstić information content (AvgIpc) is 3.38. The summed E-state index contributed by atoms with van der Waals surface area (Å²) >= 11 is 3.04. The van der Waals surface area contributed by atoms with Crippen molar-refractivity contribution in [3.63, 3.8) is 0 Å². The molecule has 3 N–H and O–H groups in total. The first kappa shape index (κ1) is 23.1. The molecule has 2 aromatic heterocycles. The lowest BCUT2D eigenvalue weighted by molar-refractivity contribution is -0.390. The molecule has 3 aromatic rings. The van der Waals surface area contributed by atoms with Gasteiger partial charge in [0.25, 0.3) is 11.6 Å². The van der Waals surface area contributed by atoms with Crippen LogP contribution in [-0.2, 0) is 6.54 Å². The Morgan fingerprint density at radius 2 is 1.88 bits per heavy atom. The van der Waals surface area contributed by atoms with Gasteiger partial charge in [0, 0.05) is 12.1 Å². The standard InChI is InChI=1S/C18H16BrN5O8/c19-13-8-22(21-17(13)24(30)31)7-12-5-6-15(32-12)18(27)20-14(9-25)16(26)10-1-3-11(4-2-10)23(28)29/h1-6,8,14,16,25-26H,7,9H2,(H,20,27). The molecule has 2 heterocycles. The van der Waals surface area contributed by atoms with E-state index >= 15 is 0 Å². The van der Waals surface area contributed by atoms with Crippen LogP contribution in [-0.4, -0.2) is 48.4 Å². The van der Waals surface area contributed by atoms with Gasteiger partial charge < -0.3 is 30.1 Å². The number of carbonyl (C=O) groups is 1. The van der Waals surface area contributed by atoms with E-state index in [2.05, 4.69) is 26.3 Å². The molecule has 0 radical (unpaired) electrons. The summed E-state index contributed by atoms with van der Waals surface area (Å²) in [5.74, 6) is -0.906. The maximum Gasteiger partial charge on any atom is 0.404 e. The minimum absolute atomic E-state index is 0.0224. The number of non-ortho nitro benzene ring substituents is 1. The maximum absolute atomic E-state index is 12.5. The Kier molecular flexibility index (Phi) is 6.97. The van der Waals surface area contributed by atoms with Gasteiger partial charge in [0.1, 0.15) is 22.9 Å². The maximum atomic E-state index is 12.5. The molecular formula is C18H16BrN5O8. The summed E-state index contributed by atoms with van der Waals surface area (Å²) in [5, 5.41) is 47.9. The van der Waals surface area contributed by atoms with E-state index in [4.69, 9.17) is 4.42 Å². The highest BCUT2D eigenvalue weighted by molar-refractivity contribution is 9.10. The number of rotatable bonds is 9. The van der Waals surface area contributed by atoms with Gasteiger partial charge in [-0.25, -0.2) is 0 Å². The predicted molar refractivity (Wildman–Crippen MR) is 111 cm³/mol. The minimum Gasteiger partial charge on any atom is -0.454 e. The van der Waals surface area contributed by atoms with Crippen LogP contribution in [0.1, 0.15) is 28.0 Å². The van der Waals surface area contributed by atoms with Crippen molar-refractivity contribution in [3.05, 3.63) is 84.4 Å². The number of carbonyl (C=O) groups excluding carboxylic acids is 1. The van der Waals surface area contributed by atoms with Crippen LogP contribution in [0, 0.1) is 20.2 Å². The molecule has 32 heavy (non-hydrogen) atoms. The molecule has 1 aromatic carbocycles. The molecular weight excluding hydrogens is 494 g/mol. The fourth-order valence-electron chi connectivity index (χ4n) is 2.83. The van der Waals surface area contributed by atoms with Crippen molar-refractivity contribution < 1.29 is 29.3 Å². The van der Waals surface area contributed by atoms with Crippen molar-refractivity contribution in [1.82, 2.24) is 15.1 Å². The number of furan rings is 1. The number of aliphatic hydroxyl groups is 2. The number of amides is 1. The van der Waals surface area contributed by atoms with E-state index in [1.807, 2.05) is 0 Å². The summed E-state index contributed by atoms with van der Waals surface area (Å²) in [7, 11) is 0. The van der Waals surface area contributed by atoms with E-state index in [0.717, 1.165) is 0 Å². The molecule has 0 bridgehead atoms. The first-order valence-electron chi connectivity index (χ1n) is 8.99. The molecule has 0 saturated heterocycles. The first-order chi connectivity index (χ1) is 15.2. The van der Waals surface area contributed by atoms with Crippen LogP contribution >= 0.6 is 15.9 Å². The van der Waals surface area contributed by atoms with Crippen LogP contribution in [0.3, 0.4) is 0 Å². The topological polar surface area (TPSA) is 187 Å². The lowest BCUT2D eigenvalue weighted by atomic mass is 10.0. The second-order valence-electron chi connectivity index (χ2n) is 6.58. The fraction of sp³-hybridized carbons (Fsp3) is 0.222. The molecule has 13 nitrogen and oxygen atoms in total. The monoisotopic (exact) mass is 509 g/mol. The number of hydrogen-bond donors (Lipinski definition) is 3. The number of aromatic nitrogens is 2. The lowest BCUT2D eigenvalue weighted by Crippen LogP contribution is -2.41. The van der Waals surface area contributed by atoms with Crippen LogP contribution in [0.5, 0.6) is 0 Å². The van der Waals surface area contributed by atoms with Crippen molar-refractivity contribution >= 4 is 33.3 Å². The number of benzene rings is 1. The molecule has 1 amide bonds. The van der Waals surface area contributed by atoms with Crippen LogP contribution in [0.2, 0.25) is 0 Å². The molecule has 2 unspecified atom stereocenters. The smallest absolute Gasteiger partial charge is 0.404 e. The summed E-state index contributed by atoms with van der Waals surface area (Å²) in [4.78, 5) is 32.8. The molecule has 0 aliphatic carbocycles. The Bertz CT molecular complexity index is 1140. The van der Waals surface area contributed by atoms with Gasteiger partial charge in [-0.3, -0.25) is 14.9 Å². The minimum atomic E-state index is -1.33. The van der Waals surface area contributed by atoms with E-state index < -0.39 is 34.5 Å².